The number of rotatable bonds is 12. The lowest BCUT2D eigenvalue weighted by Gasteiger charge is -2.34. The number of ether oxygens (including phenoxy) is 1. The Kier molecular flexibility index (Phi) is 10.3. The molecule has 0 saturated carbocycles. The third-order valence-corrected chi connectivity index (χ3v) is 7.67. The average Bonchev–Trinajstić information content (AvgIpc) is 2.89. The van der Waals surface area contributed by atoms with Crippen molar-refractivity contribution >= 4 is 27.5 Å². The van der Waals surface area contributed by atoms with E-state index in [1.165, 1.54) is 4.90 Å². The van der Waals surface area contributed by atoms with Crippen LogP contribution in [0.5, 0.6) is 5.75 Å². The van der Waals surface area contributed by atoms with Crippen molar-refractivity contribution in [3.63, 3.8) is 0 Å². The molecule has 0 saturated heterocycles. The molecule has 214 valence electrons. The SMILES string of the molecule is COc1cccc(CN(C(=O)CN(c2c(C)cccc2C)S(C)(=O)=O)C(Cc2ccccc2)C(=O)NC(C)C)c1. The lowest BCUT2D eigenvalue weighted by molar-refractivity contribution is -0.140. The molecule has 0 radical (unpaired) electrons. The van der Waals surface area contributed by atoms with Gasteiger partial charge < -0.3 is 15.0 Å². The summed E-state index contributed by atoms with van der Waals surface area (Å²) in [5, 5.41) is 2.95. The molecular formula is C31H39N3O5S. The van der Waals surface area contributed by atoms with Crippen molar-refractivity contribution in [1.29, 1.82) is 0 Å². The summed E-state index contributed by atoms with van der Waals surface area (Å²) in [5.41, 5.74) is 3.56. The summed E-state index contributed by atoms with van der Waals surface area (Å²) >= 11 is 0. The fourth-order valence-electron chi connectivity index (χ4n) is 4.68. The van der Waals surface area contributed by atoms with Crippen molar-refractivity contribution in [3.05, 3.63) is 95.1 Å². The third-order valence-electron chi connectivity index (χ3n) is 6.56. The smallest absolute Gasteiger partial charge is 0.244 e. The van der Waals surface area contributed by atoms with E-state index in [0.717, 1.165) is 32.8 Å². The summed E-state index contributed by atoms with van der Waals surface area (Å²) < 4.78 is 32.6. The van der Waals surface area contributed by atoms with Crippen molar-refractivity contribution in [2.24, 2.45) is 0 Å². The highest BCUT2D eigenvalue weighted by molar-refractivity contribution is 7.92. The highest BCUT2D eigenvalue weighted by atomic mass is 32.2. The van der Waals surface area contributed by atoms with Crippen molar-refractivity contribution in [2.45, 2.75) is 52.7 Å². The molecule has 0 spiro atoms. The second-order valence-corrected chi connectivity index (χ2v) is 12.2. The van der Waals surface area contributed by atoms with Gasteiger partial charge in [-0.25, -0.2) is 8.42 Å². The minimum atomic E-state index is -3.83. The number of para-hydroxylation sites is 1. The minimum absolute atomic E-state index is 0.0867. The maximum Gasteiger partial charge on any atom is 0.244 e. The molecule has 40 heavy (non-hydrogen) atoms. The first-order valence-corrected chi connectivity index (χ1v) is 15.1. The molecule has 0 aliphatic heterocycles. The van der Waals surface area contributed by atoms with Gasteiger partial charge in [0.25, 0.3) is 0 Å². The van der Waals surface area contributed by atoms with Crippen LogP contribution in [0.15, 0.2) is 72.8 Å². The molecule has 8 nitrogen and oxygen atoms in total. The molecule has 0 fully saturated rings. The number of carbonyl (C=O) groups is 2. The van der Waals surface area contributed by atoms with Gasteiger partial charge in [0.2, 0.25) is 21.8 Å². The number of amides is 2. The fraction of sp³-hybridized carbons (Fsp3) is 0.355. The second kappa shape index (κ2) is 13.5. The Morgan fingerprint density at radius 3 is 2.08 bits per heavy atom. The Balaban J connectivity index is 2.10. The van der Waals surface area contributed by atoms with Crippen molar-refractivity contribution in [1.82, 2.24) is 10.2 Å². The van der Waals surface area contributed by atoms with Crippen LogP contribution < -0.4 is 14.4 Å². The first-order valence-electron chi connectivity index (χ1n) is 13.2. The van der Waals surface area contributed by atoms with Gasteiger partial charge in [-0.15, -0.1) is 0 Å². The number of hydrogen-bond donors (Lipinski definition) is 1. The van der Waals surface area contributed by atoms with Crippen LogP contribution in [0.2, 0.25) is 0 Å². The zero-order valence-corrected chi connectivity index (χ0v) is 24.9. The third kappa shape index (κ3) is 8.08. The van der Waals surface area contributed by atoms with E-state index in [1.54, 1.807) is 19.2 Å². The Labute approximate surface area is 238 Å². The number of methoxy groups -OCH3 is 1. The van der Waals surface area contributed by atoms with E-state index >= 15 is 0 Å². The van der Waals surface area contributed by atoms with E-state index in [-0.39, 0.29) is 24.9 Å². The fourth-order valence-corrected chi connectivity index (χ4v) is 5.64. The summed E-state index contributed by atoms with van der Waals surface area (Å²) in [7, 11) is -2.27. The molecule has 0 aliphatic carbocycles. The normalized spacial score (nSPS) is 12.1. The number of hydrogen-bond acceptors (Lipinski definition) is 5. The molecule has 9 heteroatoms. The van der Waals surface area contributed by atoms with E-state index in [9.17, 15) is 18.0 Å². The van der Waals surface area contributed by atoms with Crippen LogP contribution in [0.3, 0.4) is 0 Å². The van der Waals surface area contributed by atoms with Crippen LogP contribution in [0.1, 0.15) is 36.1 Å². The summed E-state index contributed by atoms with van der Waals surface area (Å²) in [6.07, 6.45) is 1.35. The maximum atomic E-state index is 14.2. The number of carbonyl (C=O) groups excluding carboxylic acids is 2. The molecule has 0 aliphatic rings. The lowest BCUT2D eigenvalue weighted by atomic mass is 10.0. The largest absolute Gasteiger partial charge is 0.497 e. The lowest BCUT2D eigenvalue weighted by Crippen LogP contribution is -2.54. The van der Waals surface area contributed by atoms with Gasteiger partial charge in [0, 0.05) is 19.0 Å². The standard InChI is InChI=1S/C31H39N3O5S/c1-22(2)32-31(36)28(19-25-14-8-7-9-15-25)33(20-26-16-11-17-27(18-26)39-5)29(35)21-34(40(6,37)38)30-23(3)12-10-13-24(30)4/h7-18,22,28H,19-21H2,1-6H3,(H,32,36). The van der Waals surface area contributed by atoms with Crippen LogP contribution in [-0.4, -0.2) is 57.1 Å². The molecule has 0 bridgehead atoms. The monoisotopic (exact) mass is 565 g/mol. The van der Waals surface area contributed by atoms with Gasteiger partial charge in [0.15, 0.2) is 0 Å². The Hall–Kier alpha value is -3.85. The van der Waals surface area contributed by atoms with E-state index in [2.05, 4.69) is 5.32 Å². The van der Waals surface area contributed by atoms with Crippen molar-refractivity contribution < 1.29 is 22.7 Å². The van der Waals surface area contributed by atoms with Crippen molar-refractivity contribution in [3.8, 4) is 5.75 Å². The summed E-state index contributed by atoms with van der Waals surface area (Å²) in [5.74, 6) is -0.187. The highest BCUT2D eigenvalue weighted by Crippen LogP contribution is 2.27. The molecule has 0 aromatic heterocycles. The van der Waals surface area contributed by atoms with Crippen LogP contribution in [0.25, 0.3) is 0 Å². The van der Waals surface area contributed by atoms with E-state index in [0.29, 0.717) is 11.4 Å². The van der Waals surface area contributed by atoms with E-state index in [4.69, 9.17) is 4.74 Å². The Bertz CT molecular complexity index is 1400. The molecule has 3 aromatic rings. The van der Waals surface area contributed by atoms with Gasteiger partial charge in [-0.1, -0.05) is 60.7 Å². The van der Waals surface area contributed by atoms with Gasteiger partial charge in [0.1, 0.15) is 18.3 Å². The van der Waals surface area contributed by atoms with Gasteiger partial charge in [0.05, 0.1) is 19.1 Å². The maximum absolute atomic E-state index is 14.2. The number of nitrogens with one attached hydrogen (secondary N) is 1. The molecule has 1 atom stereocenters. The van der Waals surface area contributed by atoms with Crippen LogP contribution in [0, 0.1) is 13.8 Å². The molecule has 3 rings (SSSR count). The van der Waals surface area contributed by atoms with Gasteiger partial charge in [-0.05, 0) is 62.1 Å². The second-order valence-electron chi connectivity index (χ2n) is 10.3. The van der Waals surface area contributed by atoms with E-state index < -0.39 is 28.5 Å². The van der Waals surface area contributed by atoms with Gasteiger partial charge >= 0.3 is 0 Å². The van der Waals surface area contributed by atoms with Crippen LogP contribution in [0.4, 0.5) is 5.69 Å². The molecular weight excluding hydrogens is 526 g/mol. The Morgan fingerprint density at radius 1 is 0.900 bits per heavy atom. The molecule has 2 amide bonds. The number of aryl methyl sites for hydroxylation is 2. The number of anilines is 1. The number of sulfonamides is 1. The molecule has 1 unspecified atom stereocenters. The molecule has 1 N–H and O–H groups in total. The van der Waals surface area contributed by atoms with Gasteiger partial charge in [-0.3, -0.25) is 13.9 Å². The summed E-state index contributed by atoms with van der Waals surface area (Å²) in [6, 6.07) is 21.2. The quantitative estimate of drug-likeness (QED) is 0.354. The zero-order valence-electron chi connectivity index (χ0n) is 24.0. The summed E-state index contributed by atoms with van der Waals surface area (Å²) in [4.78, 5) is 29.3. The topological polar surface area (TPSA) is 96.0 Å². The highest BCUT2D eigenvalue weighted by Gasteiger charge is 2.34. The number of nitrogens with zero attached hydrogens (tertiary/aromatic N) is 2. The predicted molar refractivity (Wildman–Crippen MR) is 159 cm³/mol. The zero-order chi connectivity index (χ0) is 29.4. The number of benzene rings is 3. The Morgan fingerprint density at radius 2 is 1.50 bits per heavy atom. The molecule has 0 heterocycles. The van der Waals surface area contributed by atoms with Crippen molar-refractivity contribution in [2.75, 3.05) is 24.2 Å². The van der Waals surface area contributed by atoms with E-state index in [1.807, 2.05) is 88.4 Å². The first-order chi connectivity index (χ1) is 18.9. The van der Waals surface area contributed by atoms with Gasteiger partial charge in [-0.2, -0.15) is 0 Å². The first kappa shape index (κ1) is 30.7. The minimum Gasteiger partial charge on any atom is -0.497 e. The average molecular weight is 566 g/mol. The predicted octanol–water partition coefficient (Wildman–Crippen LogP) is 4.24. The summed E-state index contributed by atoms with van der Waals surface area (Å²) in [6.45, 7) is 6.98. The molecule has 3 aromatic carbocycles. The van der Waals surface area contributed by atoms with Crippen LogP contribution in [-0.2, 0) is 32.6 Å². The van der Waals surface area contributed by atoms with Crippen LogP contribution >= 0.6 is 0 Å².